The van der Waals surface area contributed by atoms with E-state index >= 15 is 0 Å². The molecule has 1 atom stereocenters. The maximum atomic E-state index is 14.0. The molecule has 0 N–H and O–H groups in total. The summed E-state index contributed by atoms with van der Waals surface area (Å²) in [5, 5.41) is 0. The molecule has 4 nitrogen and oxygen atoms in total. The summed E-state index contributed by atoms with van der Waals surface area (Å²) < 4.78 is 19.8. The topological polar surface area (TPSA) is 32.8 Å². The van der Waals surface area contributed by atoms with Gasteiger partial charge in [0, 0.05) is 37.7 Å². The number of likely N-dealkylation sites (tertiary alicyclic amines) is 1. The third-order valence-electron chi connectivity index (χ3n) is 7.25. The lowest BCUT2D eigenvalue weighted by Crippen LogP contribution is -2.46. The summed E-state index contributed by atoms with van der Waals surface area (Å²) in [7, 11) is 0. The molecule has 2 heterocycles. The molecular weight excluding hydrogens is 379 g/mol. The van der Waals surface area contributed by atoms with Crippen LogP contribution < -0.4 is 0 Å². The van der Waals surface area contributed by atoms with E-state index in [1.165, 1.54) is 19.3 Å². The van der Waals surface area contributed by atoms with Crippen molar-refractivity contribution in [2.24, 2.45) is 11.8 Å². The Morgan fingerprint density at radius 1 is 1.00 bits per heavy atom. The molecule has 2 aliphatic heterocycles. The van der Waals surface area contributed by atoms with Gasteiger partial charge in [-0.2, -0.15) is 0 Å². The predicted molar refractivity (Wildman–Crippen MR) is 117 cm³/mol. The van der Waals surface area contributed by atoms with E-state index in [4.69, 9.17) is 4.74 Å². The van der Waals surface area contributed by atoms with Crippen LogP contribution in [-0.4, -0.2) is 54.6 Å². The molecule has 1 aromatic rings. The lowest BCUT2D eigenvalue weighted by atomic mass is 9.87. The van der Waals surface area contributed by atoms with Gasteiger partial charge < -0.3 is 9.64 Å². The minimum absolute atomic E-state index is 0.111. The maximum absolute atomic E-state index is 14.0. The average Bonchev–Trinajstić information content (AvgIpc) is 3.29. The molecule has 30 heavy (non-hydrogen) atoms. The standard InChI is InChI=1S/C25H37FN2O2/c26-24-11-5-4-9-22(24)18-27-14-12-20(13-15-27)17-28(19-23-10-6-16-30-23)25(29)21-7-2-1-3-8-21/h4-5,9,11,20-21,23H,1-3,6-8,10,12-19H2/t23-/m0/s1. The van der Waals surface area contributed by atoms with Crippen LogP contribution in [-0.2, 0) is 16.1 Å². The number of hydrogen-bond donors (Lipinski definition) is 0. The van der Waals surface area contributed by atoms with E-state index in [2.05, 4.69) is 9.80 Å². The summed E-state index contributed by atoms with van der Waals surface area (Å²) >= 11 is 0. The number of ether oxygens (including phenoxy) is 1. The zero-order valence-corrected chi connectivity index (χ0v) is 18.2. The van der Waals surface area contributed by atoms with Crippen LogP contribution in [0.3, 0.4) is 0 Å². The highest BCUT2D eigenvalue weighted by Crippen LogP contribution is 2.28. The van der Waals surface area contributed by atoms with Crippen molar-refractivity contribution in [1.82, 2.24) is 9.80 Å². The fourth-order valence-corrected chi connectivity index (χ4v) is 5.40. The molecular formula is C25H37FN2O2. The van der Waals surface area contributed by atoms with Gasteiger partial charge in [0.05, 0.1) is 6.10 Å². The molecule has 0 unspecified atom stereocenters. The largest absolute Gasteiger partial charge is 0.376 e. The molecule has 3 fully saturated rings. The SMILES string of the molecule is O=C(C1CCCCC1)N(CC1CCN(Cc2ccccc2F)CC1)C[C@@H]1CCCO1. The average molecular weight is 417 g/mol. The minimum atomic E-state index is -0.111. The number of hydrogen-bond acceptors (Lipinski definition) is 3. The van der Waals surface area contributed by atoms with Crippen LogP contribution in [0.5, 0.6) is 0 Å². The minimum Gasteiger partial charge on any atom is -0.376 e. The highest BCUT2D eigenvalue weighted by Gasteiger charge is 2.31. The van der Waals surface area contributed by atoms with Crippen molar-refractivity contribution < 1.29 is 13.9 Å². The Bertz CT molecular complexity index is 677. The third-order valence-corrected chi connectivity index (χ3v) is 7.25. The number of piperidine rings is 1. The summed E-state index contributed by atoms with van der Waals surface area (Å²) in [6.07, 6.45) is 10.3. The first-order valence-electron chi connectivity index (χ1n) is 12.0. The molecule has 4 rings (SSSR count). The van der Waals surface area contributed by atoms with Gasteiger partial charge in [-0.05, 0) is 63.6 Å². The smallest absolute Gasteiger partial charge is 0.225 e. The zero-order valence-electron chi connectivity index (χ0n) is 18.2. The van der Waals surface area contributed by atoms with Crippen LogP contribution in [0.15, 0.2) is 24.3 Å². The molecule has 1 aliphatic carbocycles. The van der Waals surface area contributed by atoms with Gasteiger partial charge in [-0.1, -0.05) is 37.5 Å². The second kappa shape index (κ2) is 10.7. The maximum Gasteiger partial charge on any atom is 0.225 e. The number of carbonyl (C=O) groups is 1. The van der Waals surface area contributed by atoms with E-state index < -0.39 is 0 Å². The quantitative estimate of drug-likeness (QED) is 0.650. The monoisotopic (exact) mass is 416 g/mol. The number of carbonyl (C=O) groups excluding carboxylic acids is 1. The molecule has 1 aromatic carbocycles. The molecule has 5 heteroatoms. The number of halogens is 1. The molecule has 0 radical (unpaired) electrons. The van der Waals surface area contributed by atoms with Crippen LogP contribution in [0.25, 0.3) is 0 Å². The van der Waals surface area contributed by atoms with Crippen LogP contribution in [0, 0.1) is 17.7 Å². The Hall–Kier alpha value is -1.46. The van der Waals surface area contributed by atoms with Gasteiger partial charge in [0.2, 0.25) is 5.91 Å². The van der Waals surface area contributed by atoms with Crippen LogP contribution in [0.1, 0.15) is 63.4 Å². The van der Waals surface area contributed by atoms with Gasteiger partial charge in [-0.3, -0.25) is 9.69 Å². The van der Waals surface area contributed by atoms with Gasteiger partial charge in [0.25, 0.3) is 0 Å². The highest BCUT2D eigenvalue weighted by molar-refractivity contribution is 5.79. The van der Waals surface area contributed by atoms with Gasteiger partial charge in [-0.25, -0.2) is 4.39 Å². The second-order valence-corrected chi connectivity index (χ2v) is 9.52. The Balaban J connectivity index is 1.31. The van der Waals surface area contributed by atoms with Crippen molar-refractivity contribution >= 4 is 5.91 Å². The van der Waals surface area contributed by atoms with Crippen molar-refractivity contribution in [2.75, 3.05) is 32.8 Å². The van der Waals surface area contributed by atoms with E-state index in [1.807, 2.05) is 12.1 Å². The van der Waals surface area contributed by atoms with Crippen LogP contribution in [0.2, 0.25) is 0 Å². The summed E-state index contributed by atoms with van der Waals surface area (Å²) in [4.78, 5) is 17.8. The van der Waals surface area contributed by atoms with Gasteiger partial charge in [0.1, 0.15) is 5.82 Å². The number of benzene rings is 1. The van der Waals surface area contributed by atoms with Crippen molar-refractivity contribution in [3.63, 3.8) is 0 Å². The van der Waals surface area contributed by atoms with Crippen molar-refractivity contribution in [3.05, 3.63) is 35.6 Å². The first-order valence-corrected chi connectivity index (χ1v) is 12.0. The molecule has 1 amide bonds. The lowest BCUT2D eigenvalue weighted by Gasteiger charge is -2.37. The van der Waals surface area contributed by atoms with Crippen molar-refractivity contribution in [3.8, 4) is 0 Å². The van der Waals surface area contributed by atoms with E-state index in [-0.39, 0.29) is 17.8 Å². The zero-order chi connectivity index (χ0) is 20.8. The van der Waals surface area contributed by atoms with E-state index in [0.29, 0.717) is 18.4 Å². The summed E-state index contributed by atoms with van der Waals surface area (Å²) in [6, 6.07) is 7.08. The summed E-state index contributed by atoms with van der Waals surface area (Å²) in [5.74, 6) is 1.02. The van der Waals surface area contributed by atoms with Gasteiger partial charge >= 0.3 is 0 Å². The predicted octanol–water partition coefficient (Wildman–Crippen LogP) is 4.63. The Labute approximate surface area is 180 Å². The molecule has 2 saturated heterocycles. The first-order chi connectivity index (χ1) is 14.7. The highest BCUT2D eigenvalue weighted by atomic mass is 19.1. The third kappa shape index (κ3) is 5.82. The van der Waals surface area contributed by atoms with E-state index in [1.54, 1.807) is 12.1 Å². The Morgan fingerprint density at radius 2 is 1.77 bits per heavy atom. The summed E-state index contributed by atoms with van der Waals surface area (Å²) in [5.41, 5.74) is 0.781. The molecule has 0 bridgehead atoms. The second-order valence-electron chi connectivity index (χ2n) is 9.52. The fraction of sp³-hybridized carbons (Fsp3) is 0.720. The van der Waals surface area contributed by atoms with Crippen LogP contribution in [0.4, 0.5) is 4.39 Å². The normalized spacial score (nSPS) is 24.2. The molecule has 0 spiro atoms. The number of rotatable bonds is 7. The summed E-state index contributed by atoms with van der Waals surface area (Å²) in [6.45, 7) is 5.10. The van der Waals surface area contributed by atoms with Crippen LogP contribution >= 0.6 is 0 Å². The van der Waals surface area contributed by atoms with E-state index in [9.17, 15) is 9.18 Å². The first kappa shape index (κ1) is 21.8. The molecule has 3 aliphatic rings. The fourth-order valence-electron chi connectivity index (χ4n) is 5.40. The molecule has 1 saturated carbocycles. The van der Waals surface area contributed by atoms with Gasteiger partial charge in [-0.15, -0.1) is 0 Å². The lowest BCUT2D eigenvalue weighted by molar-refractivity contribution is -0.139. The van der Waals surface area contributed by atoms with Crippen molar-refractivity contribution in [1.29, 1.82) is 0 Å². The van der Waals surface area contributed by atoms with E-state index in [0.717, 1.165) is 76.9 Å². The van der Waals surface area contributed by atoms with Crippen molar-refractivity contribution in [2.45, 2.75) is 70.4 Å². The number of amides is 1. The molecule has 166 valence electrons. The molecule has 0 aromatic heterocycles. The van der Waals surface area contributed by atoms with Gasteiger partial charge in [0.15, 0.2) is 0 Å². The Kier molecular flexibility index (Phi) is 7.78. The Morgan fingerprint density at radius 3 is 2.47 bits per heavy atom. The number of nitrogens with zero attached hydrogens (tertiary/aromatic N) is 2.